The van der Waals surface area contributed by atoms with E-state index in [-0.39, 0.29) is 18.0 Å². The summed E-state index contributed by atoms with van der Waals surface area (Å²) in [4.78, 5) is 26.7. The van der Waals surface area contributed by atoms with Crippen LogP contribution in [0.1, 0.15) is 44.1 Å². The molecular formula is C19H27N3O2. The summed E-state index contributed by atoms with van der Waals surface area (Å²) in [6.07, 6.45) is 6.79. The molecule has 24 heavy (non-hydrogen) atoms. The van der Waals surface area contributed by atoms with Gasteiger partial charge in [-0.3, -0.25) is 4.79 Å². The van der Waals surface area contributed by atoms with E-state index in [1.165, 1.54) is 32.1 Å². The monoisotopic (exact) mass is 329 g/mol. The van der Waals surface area contributed by atoms with Gasteiger partial charge in [0.15, 0.2) is 0 Å². The van der Waals surface area contributed by atoms with Crippen LogP contribution in [0.15, 0.2) is 30.3 Å². The molecule has 3 amide bonds. The summed E-state index contributed by atoms with van der Waals surface area (Å²) in [5.74, 6) is 0.497. The first-order valence-electron chi connectivity index (χ1n) is 9.10. The van der Waals surface area contributed by atoms with E-state index in [1.807, 2.05) is 30.3 Å². The van der Waals surface area contributed by atoms with Crippen molar-refractivity contribution in [3.8, 4) is 0 Å². The number of carbonyl (C=O) groups is 2. The first kappa shape index (κ1) is 16.8. The van der Waals surface area contributed by atoms with Crippen LogP contribution in [0.5, 0.6) is 0 Å². The number of hydrogen-bond donors (Lipinski definition) is 2. The molecule has 1 saturated carbocycles. The standard InChI is InChI=1S/C19H27N3O2/c23-18(21-13-15-7-3-1-4-8-15)17-11-12-20-19(24)22(17)14-16-9-5-2-6-10-16/h1,3-4,7-8,16-17H,2,5-6,9-14H2,(H,20,24)(H,21,23). The number of rotatable bonds is 5. The highest BCUT2D eigenvalue weighted by Gasteiger charge is 2.34. The Morgan fingerprint density at radius 2 is 1.88 bits per heavy atom. The molecular weight excluding hydrogens is 302 g/mol. The van der Waals surface area contributed by atoms with Gasteiger partial charge in [-0.15, -0.1) is 0 Å². The van der Waals surface area contributed by atoms with Crippen LogP contribution in [-0.4, -0.2) is 36.0 Å². The van der Waals surface area contributed by atoms with Gasteiger partial charge in [0, 0.05) is 19.6 Å². The van der Waals surface area contributed by atoms with Crippen molar-refractivity contribution in [1.82, 2.24) is 15.5 Å². The summed E-state index contributed by atoms with van der Waals surface area (Å²) in [6.45, 7) is 1.79. The lowest BCUT2D eigenvalue weighted by molar-refractivity contribution is -0.126. The van der Waals surface area contributed by atoms with E-state index in [0.29, 0.717) is 32.0 Å². The van der Waals surface area contributed by atoms with E-state index in [2.05, 4.69) is 10.6 Å². The first-order valence-corrected chi connectivity index (χ1v) is 9.10. The van der Waals surface area contributed by atoms with Crippen LogP contribution in [0.4, 0.5) is 4.79 Å². The molecule has 0 radical (unpaired) electrons. The van der Waals surface area contributed by atoms with Gasteiger partial charge in [-0.1, -0.05) is 49.6 Å². The van der Waals surface area contributed by atoms with Crippen molar-refractivity contribution in [1.29, 1.82) is 0 Å². The lowest BCUT2D eigenvalue weighted by Crippen LogP contribution is -2.58. The van der Waals surface area contributed by atoms with Crippen molar-refractivity contribution in [3.05, 3.63) is 35.9 Å². The number of nitrogens with zero attached hydrogens (tertiary/aromatic N) is 1. The number of urea groups is 1. The van der Waals surface area contributed by atoms with Crippen LogP contribution in [0, 0.1) is 5.92 Å². The topological polar surface area (TPSA) is 61.4 Å². The van der Waals surface area contributed by atoms with Crippen LogP contribution in [0.25, 0.3) is 0 Å². The molecule has 1 atom stereocenters. The van der Waals surface area contributed by atoms with E-state index < -0.39 is 0 Å². The van der Waals surface area contributed by atoms with Gasteiger partial charge in [0.1, 0.15) is 6.04 Å². The molecule has 0 aromatic heterocycles. The Morgan fingerprint density at radius 1 is 1.12 bits per heavy atom. The molecule has 1 saturated heterocycles. The Kier molecular flexibility index (Phi) is 5.72. The quantitative estimate of drug-likeness (QED) is 0.872. The van der Waals surface area contributed by atoms with E-state index >= 15 is 0 Å². The summed E-state index contributed by atoms with van der Waals surface area (Å²) in [5, 5.41) is 5.88. The lowest BCUT2D eigenvalue weighted by atomic mass is 9.88. The van der Waals surface area contributed by atoms with E-state index in [4.69, 9.17) is 0 Å². The normalized spacial score (nSPS) is 22.1. The summed E-state index contributed by atoms with van der Waals surface area (Å²) in [7, 11) is 0. The molecule has 1 aliphatic heterocycles. The van der Waals surface area contributed by atoms with Crippen molar-refractivity contribution in [2.45, 2.75) is 51.1 Å². The molecule has 1 heterocycles. The number of carbonyl (C=O) groups excluding carboxylic acids is 2. The maximum Gasteiger partial charge on any atom is 0.318 e. The zero-order valence-electron chi connectivity index (χ0n) is 14.2. The number of hydrogen-bond acceptors (Lipinski definition) is 2. The van der Waals surface area contributed by atoms with Gasteiger partial charge < -0.3 is 15.5 Å². The largest absolute Gasteiger partial charge is 0.350 e. The molecule has 3 rings (SSSR count). The van der Waals surface area contributed by atoms with Gasteiger partial charge >= 0.3 is 6.03 Å². The Balaban J connectivity index is 1.59. The average Bonchev–Trinajstić information content (AvgIpc) is 2.63. The smallest absolute Gasteiger partial charge is 0.318 e. The van der Waals surface area contributed by atoms with Gasteiger partial charge in [0.2, 0.25) is 5.91 Å². The summed E-state index contributed by atoms with van der Waals surface area (Å²) >= 11 is 0. The molecule has 1 aliphatic carbocycles. The minimum atomic E-state index is -0.343. The highest BCUT2D eigenvalue weighted by atomic mass is 16.2. The molecule has 0 bridgehead atoms. The van der Waals surface area contributed by atoms with Gasteiger partial charge in [-0.05, 0) is 30.7 Å². The van der Waals surface area contributed by atoms with Crippen LogP contribution >= 0.6 is 0 Å². The average molecular weight is 329 g/mol. The number of amides is 3. The zero-order valence-corrected chi connectivity index (χ0v) is 14.2. The van der Waals surface area contributed by atoms with Gasteiger partial charge in [-0.2, -0.15) is 0 Å². The molecule has 0 spiro atoms. The van der Waals surface area contributed by atoms with Crippen LogP contribution in [0.3, 0.4) is 0 Å². The van der Waals surface area contributed by atoms with E-state index in [1.54, 1.807) is 4.90 Å². The van der Waals surface area contributed by atoms with Crippen LogP contribution in [-0.2, 0) is 11.3 Å². The van der Waals surface area contributed by atoms with Crippen molar-refractivity contribution in [3.63, 3.8) is 0 Å². The van der Waals surface area contributed by atoms with Crippen molar-refractivity contribution >= 4 is 11.9 Å². The molecule has 1 unspecified atom stereocenters. The fourth-order valence-electron chi connectivity index (χ4n) is 3.75. The highest BCUT2D eigenvalue weighted by molar-refractivity contribution is 5.88. The van der Waals surface area contributed by atoms with Gasteiger partial charge in [0.25, 0.3) is 0 Å². The maximum absolute atomic E-state index is 12.6. The molecule has 2 aliphatic rings. The second-order valence-corrected chi connectivity index (χ2v) is 6.90. The van der Waals surface area contributed by atoms with Crippen molar-refractivity contribution < 1.29 is 9.59 Å². The third-order valence-electron chi connectivity index (χ3n) is 5.12. The molecule has 1 aromatic carbocycles. The molecule has 130 valence electrons. The Labute approximate surface area is 143 Å². The van der Waals surface area contributed by atoms with Gasteiger partial charge in [-0.25, -0.2) is 4.79 Å². The van der Waals surface area contributed by atoms with Crippen LogP contribution in [0.2, 0.25) is 0 Å². The summed E-state index contributed by atoms with van der Waals surface area (Å²) < 4.78 is 0. The Morgan fingerprint density at radius 3 is 2.62 bits per heavy atom. The van der Waals surface area contributed by atoms with Gasteiger partial charge in [0.05, 0.1) is 0 Å². The van der Waals surface area contributed by atoms with Crippen molar-refractivity contribution in [2.75, 3.05) is 13.1 Å². The van der Waals surface area contributed by atoms with E-state index in [9.17, 15) is 9.59 Å². The first-order chi connectivity index (χ1) is 11.7. The maximum atomic E-state index is 12.6. The fourth-order valence-corrected chi connectivity index (χ4v) is 3.75. The predicted molar refractivity (Wildman–Crippen MR) is 93.4 cm³/mol. The highest BCUT2D eigenvalue weighted by Crippen LogP contribution is 2.26. The Bertz CT molecular complexity index is 555. The third kappa shape index (κ3) is 4.28. The second-order valence-electron chi connectivity index (χ2n) is 6.90. The van der Waals surface area contributed by atoms with Crippen LogP contribution < -0.4 is 10.6 Å². The minimum Gasteiger partial charge on any atom is -0.350 e. The SMILES string of the molecule is O=C(NCc1ccccc1)C1CCNC(=O)N1CC1CCCCC1. The van der Waals surface area contributed by atoms with Crippen molar-refractivity contribution in [2.24, 2.45) is 5.92 Å². The minimum absolute atomic E-state index is 0.0375. The third-order valence-corrected chi connectivity index (χ3v) is 5.12. The molecule has 2 fully saturated rings. The molecule has 2 N–H and O–H groups in total. The van der Waals surface area contributed by atoms with E-state index in [0.717, 1.165) is 5.56 Å². The number of nitrogens with one attached hydrogen (secondary N) is 2. The summed E-state index contributed by atoms with van der Waals surface area (Å²) in [5.41, 5.74) is 1.07. The fraction of sp³-hybridized carbons (Fsp3) is 0.579. The summed E-state index contributed by atoms with van der Waals surface area (Å²) in [6, 6.07) is 9.44. The zero-order chi connectivity index (χ0) is 16.8. The number of benzene rings is 1. The lowest BCUT2D eigenvalue weighted by Gasteiger charge is -2.38. The molecule has 5 nitrogen and oxygen atoms in total. The molecule has 1 aromatic rings. The predicted octanol–water partition coefficient (Wildman–Crippen LogP) is 2.67. The Hall–Kier alpha value is -2.04. The second kappa shape index (κ2) is 8.18. The molecule has 5 heteroatoms.